The van der Waals surface area contributed by atoms with Crippen LogP contribution in [0.25, 0.3) is 0 Å². The first kappa shape index (κ1) is 13.7. The Labute approximate surface area is 114 Å². The standard InChI is InChI=1S/C15H17NO2S/c1-12-7-9-14(10-8-12)11-16-19(17,18)15-6-4-3-5-13(15)2/h3-9,11,14H,10H2,1-2H3. The number of hydrogen-bond donors (Lipinski definition) is 0. The number of allylic oxidation sites excluding steroid dienone is 4. The molecule has 100 valence electrons. The SMILES string of the molecule is CC1=CCC(C=NS(=O)(=O)c2ccccc2C)C=C1. The first-order chi connectivity index (χ1) is 8.99. The van der Waals surface area contributed by atoms with E-state index in [0.717, 1.165) is 12.0 Å². The molecular formula is C15H17NO2S. The Kier molecular flexibility index (Phi) is 4.00. The molecule has 0 saturated carbocycles. The summed E-state index contributed by atoms with van der Waals surface area (Å²) in [6.07, 6.45) is 8.36. The number of hydrogen-bond acceptors (Lipinski definition) is 2. The van der Waals surface area contributed by atoms with Gasteiger partial charge in [-0.25, -0.2) is 0 Å². The van der Waals surface area contributed by atoms with E-state index in [-0.39, 0.29) is 10.8 Å². The van der Waals surface area contributed by atoms with E-state index in [9.17, 15) is 8.42 Å². The van der Waals surface area contributed by atoms with Crippen molar-refractivity contribution in [2.45, 2.75) is 25.2 Å². The van der Waals surface area contributed by atoms with Gasteiger partial charge in [-0.3, -0.25) is 0 Å². The molecule has 0 aromatic heterocycles. The third-order valence-electron chi connectivity index (χ3n) is 3.08. The van der Waals surface area contributed by atoms with Crippen molar-refractivity contribution < 1.29 is 8.42 Å². The van der Waals surface area contributed by atoms with Crippen LogP contribution in [0.3, 0.4) is 0 Å². The molecule has 0 aliphatic heterocycles. The Morgan fingerprint density at radius 2 is 2.00 bits per heavy atom. The van der Waals surface area contributed by atoms with Crippen molar-refractivity contribution in [2.24, 2.45) is 10.3 Å². The zero-order valence-corrected chi connectivity index (χ0v) is 11.9. The van der Waals surface area contributed by atoms with E-state index in [4.69, 9.17) is 0 Å². The molecule has 1 atom stereocenters. The molecule has 2 rings (SSSR count). The Morgan fingerprint density at radius 3 is 2.63 bits per heavy atom. The van der Waals surface area contributed by atoms with E-state index in [2.05, 4.69) is 10.5 Å². The van der Waals surface area contributed by atoms with Crippen LogP contribution in [0.15, 0.2) is 57.4 Å². The molecule has 3 nitrogen and oxygen atoms in total. The molecule has 4 heteroatoms. The molecule has 0 bridgehead atoms. The number of sulfonamides is 1. The second-order valence-electron chi connectivity index (χ2n) is 4.70. The summed E-state index contributed by atoms with van der Waals surface area (Å²) >= 11 is 0. The molecule has 1 aliphatic rings. The Bertz CT molecular complexity index is 654. The second kappa shape index (κ2) is 5.53. The maximum absolute atomic E-state index is 12.1. The van der Waals surface area contributed by atoms with E-state index in [1.54, 1.807) is 25.1 Å². The molecule has 0 spiro atoms. The average Bonchev–Trinajstić information content (AvgIpc) is 2.38. The highest BCUT2D eigenvalue weighted by Gasteiger charge is 2.15. The van der Waals surface area contributed by atoms with Crippen molar-refractivity contribution in [3.8, 4) is 0 Å². The Hall–Kier alpha value is -1.68. The molecule has 0 saturated heterocycles. The lowest BCUT2D eigenvalue weighted by atomic mass is 9.99. The van der Waals surface area contributed by atoms with Crippen molar-refractivity contribution >= 4 is 16.2 Å². The number of aryl methyl sites for hydroxylation is 1. The number of rotatable bonds is 3. The van der Waals surface area contributed by atoms with Crippen LogP contribution < -0.4 is 0 Å². The Morgan fingerprint density at radius 1 is 1.26 bits per heavy atom. The third kappa shape index (κ3) is 3.41. The van der Waals surface area contributed by atoms with Gasteiger partial charge in [0.2, 0.25) is 0 Å². The van der Waals surface area contributed by atoms with Gasteiger partial charge in [0.1, 0.15) is 0 Å². The second-order valence-corrected chi connectivity index (χ2v) is 6.30. The molecule has 1 unspecified atom stereocenters. The summed E-state index contributed by atoms with van der Waals surface area (Å²) in [5.74, 6) is 0.0579. The molecule has 0 heterocycles. The highest BCUT2D eigenvalue weighted by molar-refractivity contribution is 7.90. The van der Waals surface area contributed by atoms with E-state index < -0.39 is 10.0 Å². The molecule has 0 radical (unpaired) electrons. The van der Waals surface area contributed by atoms with Gasteiger partial charge in [-0.2, -0.15) is 12.8 Å². The van der Waals surface area contributed by atoms with Gasteiger partial charge in [-0.15, -0.1) is 0 Å². The highest BCUT2D eigenvalue weighted by atomic mass is 32.2. The topological polar surface area (TPSA) is 46.5 Å². The molecule has 0 N–H and O–H groups in total. The fraction of sp³-hybridized carbons (Fsp3) is 0.267. The maximum Gasteiger partial charge on any atom is 0.282 e. The highest BCUT2D eigenvalue weighted by Crippen LogP contribution is 2.18. The first-order valence-electron chi connectivity index (χ1n) is 6.20. The molecule has 0 amide bonds. The molecule has 19 heavy (non-hydrogen) atoms. The van der Waals surface area contributed by atoms with Crippen molar-refractivity contribution in [1.29, 1.82) is 0 Å². The summed E-state index contributed by atoms with van der Waals surface area (Å²) in [7, 11) is -3.59. The third-order valence-corrected chi connectivity index (χ3v) is 4.49. The van der Waals surface area contributed by atoms with Gasteiger partial charge in [-0.05, 0) is 31.9 Å². The van der Waals surface area contributed by atoms with Crippen LogP contribution in [0.5, 0.6) is 0 Å². The van der Waals surface area contributed by atoms with Crippen LogP contribution >= 0.6 is 0 Å². The molecule has 1 aromatic carbocycles. The van der Waals surface area contributed by atoms with Gasteiger partial charge in [0, 0.05) is 12.1 Å². The zero-order chi connectivity index (χ0) is 13.9. The number of nitrogens with zero attached hydrogens (tertiary/aromatic N) is 1. The van der Waals surface area contributed by atoms with Crippen LogP contribution in [0.1, 0.15) is 18.9 Å². The van der Waals surface area contributed by atoms with Crippen molar-refractivity contribution in [3.05, 3.63) is 53.6 Å². The molecule has 1 aromatic rings. The monoisotopic (exact) mass is 275 g/mol. The van der Waals surface area contributed by atoms with Crippen LogP contribution in [0, 0.1) is 12.8 Å². The molecule has 1 aliphatic carbocycles. The summed E-state index contributed by atoms with van der Waals surface area (Å²) in [6.45, 7) is 3.79. The summed E-state index contributed by atoms with van der Waals surface area (Å²) in [6, 6.07) is 6.88. The van der Waals surface area contributed by atoms with E-state index in [0.29, 0.717) is 0 Å². The van der Waals surface area contributed by atoms with Crippen LogP contribution in [-0.4, -0.2) is 14.6 Å². The van der Waals surface area contributed by atoms with Crippen LogP contribution in [0.4, 0.5) is 0 Å². The predicted octanol–water partition coefficient (Wildman–Crippen LogP) is 3.28. The molecule has 0 fully saturated rings. The van der Waals surface area contributed by atoms with Gasteiger partial charge in [0.05, 0.1) is 4.90 Å². The minimum Gasteiger partial charge on any atom is -0.199 e. The normalized spacial score (nSPS) is 19.7. The van der Waals surface area contributed by atoms with Gasteiger partial charge in [-0.1, -0.05) is 42.0 Å². The summed E-state index contributed by atoms with van der Waals surface area (Å²) in [5, 5.41) is 0. The van der Waals surface area contributed by atoms with Gasteiger partial charge in [0.15, 0.2) is 0 Å². The summed E-state index contributed by atoms with van der Waals surface area (Å²) < 4.78 is 28.0. The van der Waals surface area contributed by atoms with Crippen LogP contribution in [0.2, 0.25) is 0 Å². The zero-order valence-electron chi connectivity index (χ0n) is 11.1. The molecular weight excluding hydrogens is 258 g/mol. The van der Waals surface area contributed by atoms with E-state index in [1.807, 2.05) is 25.1 Å². The minimum absolute atomic E-state index is 0.0579. The van der Waals surface area contributed by atoms with Crippen LogP contribution in [-0.2, 0) is 10.0 Å². The minimum atomic E-state index is -3.59. The maximum atomic E-state index is 12.1. The summed E-state index contributed by atoms with van der Waals surface area (Å²) in [4.78, 5) is 0.276. The quantitative estimate of drug-likeness (QED) is 0.795. The van der Waals surface area contributed by atoms with Gasteiger partial charge >= 0.3 is 0 Å². The first-order valence-corrected chi connectivity index (χ1v) is 7.64. The summed E-state index contributed by atoms with van der Waals surface area (Å²) in [5.41, 5.74) is 1.92. The van der Waals surface area contributed by atoms with Crippen molar-refractivity contribution in [3.63, 3.8) is 0 Å². The largest absolute Gasteiger partial charge is 0.282 e. The smallest absolute Gasteiger partial charge is 0.199 e. The average molecular weight is 275 g/mol. The lowest BCUT2D eigenvalue weighted by molar-refractivity contribution is 0.597. The fourth-order valence-corrected chi connectivity index (χ4v) is 3.07. The van der Waals surface area contributed by atoms with Crippen molar-refractivity contribution in [2.75, 3.05) is 0 Å². The fourth-order valence-electron chi connectivity index (χ4n) is 1.92. The number of benzene rings is 1. The van der Waals surface area contributed by atoms with E-state index >= 15 is 0 Å². The predicted molar refractivity (Wildman–Crippen MR) is 77.9 cm³/mol. The van der Waals surface area contributed by atoms with Crippen molar-refractivity contribution in [1.82, 2.24) is 0 Å². The lowest BCUT2D eigenvalue weighted by Crippen LogP contribution is -2.05. The van der Waals surface area contributed by atoms with Gasteiger partial charge < -0.3 is 0 Å². The lowest BCUT2D eigenvalue weighted by Gasteiger charge is -2.09. The van der Waals surface area contributed by atoms with E-state index in [1.165, 1.54) is 11.8 Å². The Balaban J connectivity index is 2.19. The van der Waals surface area contributed by atoms with Gasteiger partial charge in [0.25, 0.3) is 10.0 Å².